The molecule has 1 heterocycles. The molecule has 0 saturated carbocycles. The van der Waals surface area contributed by atoms with Gasteiger partial charge in [0.15, 0.2) is 0 Å². The highest BCUT2D eigenvalue weighted by atomic mass is 32.2. The number of amides is 2. The van der Waals surface area contributed by atoms with Crippen molar-refractivity contribution in [2.45, 2.75) is 4.90 Å². The maximum atomic E-state index is 10.8. The molecule has 0 bridgehead atoms. The van der Waals surface area contributed by atoms with Crippen LogP contribution in [-0.2, 0) is 0 Å². The molecule has 116 valence electrons. The Balaban J connectivity index is 0.000000491. The van der Waals surface area contributed by atoms with Crippen LogP contribution in [0.25, 0.3) is 0 Å². The van der Waals surface area contributed by atoms with Gasteiger partial charge in [0, 0.05) is 36.8 Å². The normalized spacial score (nSPS) is 14.1. The number of carbonyl (C=O) groups is 2. The van der Waals surface area contributed by atoms with E-state index in [0.717, 1.165) is 13.1 Å². The van der Waals surface area contributed by atoms with E-state index in [2.05, 4.69) is 41.2 Å². The number of thioether (sulfide) groups is 1. The molecule has 21 heavy (non-hydrogen) atoms. The third-order valence-corrected chi connectivity index (χ3v) is 3.73. The van der Waals surface area contributed by atoms with Crippen LogP contribution in [0.5, 0.6) is 0 Å². The molecule has 0 atom stereocenters. The number of hydrogen-bond acceptors (Lipinski definition) is 4. The third kappa shape index (κ3) is 5.82. The Morgan fingerprint density at radius 2 is 1.57 bits per heavy atom. The van der Waals surface area contributed by atoms with Crippen molar-refractivity contribution < 1.29 is 19.8 Å². The highest BCUT2D eigenvalue weighted by Gasteiger charge is 2.20. The predicted octanol–water partition coefficient (Wildman–Crippen LogP) is 1.83. The van der Waals surface area contributed by atoms with Crippen LogP contribution in [0.2, 0.25) is 0 Å². The van der Waals surface area contributed by atoms with Gasteiger partial charge in [-0.05, 0) is 30.5 Å². The average Bonchev–Trinajstić information content (AvgIpc) is 2.47. The predicted molar refractivity (Wildman–Crippen MR) is 82.2 cm³/mol. The fraction of sp³-hybridized carbons (Fsp3) is 0.385. The Morgan fingerprint density at radius 3 is 1.95 bits per heavy atom. The molecule has 1 aliphatic rings. The fourth-order valence-corrected chi connectivity index (χ4v) is 2.36. The maximum Gasteiger partial charge on any atom is 0.407 e. The lowest BCUT2D eigenvalue weighted by atomic mass is 10.2. The van der Waals surface area contributed by atoms with Crippen LogP contribution in [-0.4, -0.2) is 59.7 Å². The van der Waals surface area contributed by atoms with Crippen LogP contribution in [0.4, 0.5) is 15.3 Å². The molecule has 1 aromatic carbocycles. The summed E-state index contributed by atoms with van der Waals surface area (Å²) in [6, 6.07) is 8.40. The van der Waals surface area contributed by atoms with E-state index in [0.29, 0.717) is 13.1 Å². The van der Waals surface area contributed by atoms with E-state index in [9.17, 15) is 4.79 Å². The first kappa shape index (κ1) is 17.0. The van der Waals surface area contributed by atoms with Crippen molar-refractivity contribution in [2.75, 3.05) is 37.3 Å². The van der Waals surface area contributed by atoms with Gasteiger partial charge in [0.25, 0.3) is 0 Å². The van der Waals surface area contributed by atoms with Gasteiger partial charge in [0.2, 0.25) is 0 Å². The maximum absolute atomic E-state index is 10.8. The van der Waals surface area contributed by atoms with Crippen molar-refractivity contribution in [3.05, 3.63) is 24.3 Å². The van der Waals surface area contributed by atoms with Crippen molar-refractivity contribution in [3.63, 3.8) is 0 Å². The summed E-state index contributed by atoms with van der Waals surface area (Å²) in [4.78, 5) is 24.5. The SMILES string of the molecule is CSc1ccc(N2CCN(C(=O)O)CC2)cc1.NC(=O)O. The summed E-state index contributed by atoms with van der Waals surface area (Å²) < 4.78 is 0. The van der Waals surface area contributed by atoms with Crippen molar-refractivity contribution >= 4 is 29.6 Å². The standard InChI is InChI=1S/C12H16N2O2S.CH3NO2/c1-17-11-4-2-10(3-5-11)13-6-8-14(9-7-13)12(15)16;2-1(3)4/h2-5H,6-9H2,1H3,(H,15,16);2H2,(H,3,4). The number of carboxylic acid groups (broad SMARTS) is 2. The molecule has 0 spiro atoms. The van der Waals surface area contributed by atoms with Crippen LogP contribution >= 0.6 is 11.8 Å². The second-order valence-corrected chi connectivity index (χ2v) is 5.17. The first-order valence-corrected chi connectivity index (χ1v) is 7.51. The van der Waals surface area contributed by atoms with Crippen LogP contribution in [0.1, 0.15) is 0 Å². The van der Waals surface area contributed by atoms with Gasteiger partial charge in [0.1, 0.15) is 0 Å². The van der Waals surface area contributed by atoms with Gasteiger partial charge in [0.05, 0.1) is 0 Å². The largest absolute Gasteiger partial charge is 0.465 e. The van der Waals surface area contributed by atoms with E-state index in [-0.39, 0.29) is 0 Å². The second-order valence-electron chi connectivity index (χ2n) is 4.29. The molecule has 0 aliphatic carbocycles. The number of anilines is 1. The van der Waals surface area contributed by atoms with Gasteiger partial charge in [-0.15, -0.1) is 11.8 Å². The Bertz CT molecular complexity index is 469. The van der Waals surface area contributed by atoms with E-state index in [4.69, 9.17) is 15.0 Å². The summed E-state index contributed by atoms with van der Waals surface area (Å²) in [7, 11) is 0. The Labute approximate surface area is 127 Å². The number of benzene rings is 1. The quantitative estimate of drug-likeness (QED) is 0.719. The number of primary amides is 1. The van der Waals surface area contributed by atoms with Gasteiger partial charge < -0.3 is 25.7 Å². The molecular formula is C13H19N3O4S. The molecule has 2 amide bonds. The molecular weight excluding hydrogens is 294 g/mol. The van der Waals surface area contributed by atoms with Gasteiger partial charge in [-0.2, -0.15) is 0 Å². The van der Waals surface area contributed by atoms with E-state index in [1.54, 1.807) is 11.8 Å². The molecule has 1 saturated heterocycles. The fourth-order valence-electron chi connectivity index (χ4n) is 1.95. The Morgan fingerprint density at radius 1 is 1.10 bits per heavy atom. The molecule has 0 unspecified atom stereocenters. The topological polar surface area (TPSA) is 107 Å². The number of nitrogens with zero attached hydrogens (tertiary/aromatic N) is 2. The van der Waals surface area contributed by atoms with Crippen LogP contribution in [0.3, 0.4) is 0 Å². The van der Waals surface area contributed by atoms with E-state index in [1.807, 2.05) is 0 Å². The summed E-state index contributed by atoms with van der Waals surface area (Å²) >= 11 is 1.72. The zero-order valence-corrected chi connectivity index (χ0v) is 12.5. The Hall–Kier alpha value is -2.09. The first-order valence-electron chi connectivity index (χ1n) is 6.29. The lowest BCUT2D eigenvalue weighted by molar-refractivity contribution is 0.142. The molecule has 0 aromatic heterocycles. The molecule has 1 aromatic rings. The Kier molecular flexibility index (Phi) is 6.67. The molecule has 2 rings (SSSR count). The van der Waals surface area contributed by atoms with Gasteiger partial charge >= 0.3 is 12.2 Å². The minimum Gasteiger partial charge on any atom is -0.465 e. The smallest absolute Gasteiger partial charge is 0.407 e. The first-order chi connectivity index (χ1) is 9.93. The van der Waals surface area contributed by atoms with E-state index < -0.39 is 12.2 Å². The minimum atomic E-state index is -1.33. The molecule has 0 radical (unpaired) electrons. The number of hydrogen-bond donors (Lipinski definition) is 3. The summed E-state index contributed by atoms with van der Waals surface area (Å²) in [5, 5.41) is 16.1. The number of piperazine rings is 1. The summed E-state index contributed by atoms with van der Waals surface area (Å²) in [5.41, 5.74) is 5.20. The van der Waals surface area contributed by atoms with Crippen LogP contribution in [0.15, 0.2) is 29.2 Å². The van der Waals surface area contributed by atoms with Crippen LogP contribution in [0, 0.1) is 0 Å². The zero-order chi connectivity index (χ0) is 15.8. The van der Waals surface area contributed by atoms with Gasteiger partial charge in [-0.25, -0.2) is 9.59 Å². The lowest BCUT2D eigenvalue weighted by Gasteiger charge is -2.34. The molecule has 7 nitrogen and oxygen atoms in total. The average molecular weight is 313 g/mol. The molecule has 8 heteroatoms. The number of nitrogens with two attached hydrogens (primary N) is 1. The van der Waals surface area contributed by atoms with Crippen molar-refractivity contribution in [1.29, 1.82) is 0 Å². The third-order valence-electron chi connectivity index (χ3n) is 2.99. The summed E-state index contributed by atoms with van der Waals surface area (Å²) in [5.74, 6) is 0. The van der Waals surface area contributed by atoms with Crippen molar-refractivity contribution in [2.24, 2.45) is 5.73 Å². The molecule has 4 N–H and O–H groups in total. The highest BCUT2D eigenvalue weighted by Crippen LogP contribution is 2.21. The zero-order valence-electron chi connectivity index (χ0n) is 11.7. The molecule has 1 aliphatic heterocycles. The van der Waals surface area contributed by atoms with Crippen molar-refractivity contribution in [1.82, 2.24) is 4.90 Å². The highest BCUT2D eigenvalue weighted by molar-refractivity contribution is 7.98. The van der Waals surface area contributed by atoms with Crippen LogP contribution < -0.4 is 10.6 Å². The van der Waals surface area contributed by atoms with Gasteiger partial charge in [-0.3, -0.25) is 0 Å². The monoisotopic (exact) mass is 313 g/mol. The van der Waals surface area contributed by atoms with E-state index in [1.165, 1.54) is 15.5 Å². The number of rotatable bonds is 2. The summed E-state index contributed by atoms with van der Waals surface area (Å²) in [6.45, 7) is 2.70. The summed E-state index contributed by atoms with van der Waals surface area (Å²) in [6.07, 6.45) is -0.0944. The minimum absolute atomic E-state index is 0.583. The molecule has 1 fully saturated rings. The van der Waals surface area contributed by atoms with Gasteiger partial charge in [-0.1, -0.05) is 0 Å². The van der Waals surface area contributed by atoms with E-state index >= 15 is 0 Å². The second kappa shape index (κ2) is 8.25. The van der Waals surface area contributed by atoms with Crippen molar-refractivity contribution in [3.8, 4) is 0 Å². The lowest BCUT2D eigenvalue weighted by Crippen LogP contribution is -2.48.